The topological polar surface area (TPSA) is 84.1 Å². The van der Waals surface area contributed by atoms with E-state index in [1.165, 1.54) is 29.7 Å². The molecular weight excluding hydrogens is 328 g/mol. The summed E-state index contributed by atoms with van der Waals surface area (Å²) >= 11 is 0. The van der Waals surface area contributed by atoms with Gasteiger partial charge in [-0.05, 0) is 49.7 Å². The van der Waals surface area contributed by atoms with Crippen molar-refractivity contribution >= 4 is 28.0 Å². The molecular formula is C20H26N4O2. The van der Waals surface area contributed by atoms with E-state index in [9.17, 15) is 5.11 Å². The summed E-state index contributed by atoms with van der Waals surface area (Å²) in [4.78, 5) is 13.7. The predicted octanol–water partition coefficient (Wildman–Crippen LogP) is 3.79. The summed E-state index contributed by atoms with van der Waals surface area (Å²) in [7, 11) is 0. The maximum Gasteiger partial charge on any atom is 0.229 e. The number of nitrogens with one attached hydrogen (secondary N) is 1. The minimum Gasteiger partial charge on any atom is -0.432 e. The van der Waals surface area contributed by atoms with Gasteiger partial charge in [0, 0.05) is 5.69 Å². The highest BCUT2D eigenvalue weighted by Crippen LogP contribution is 2.37. The molecule has 3 heterocycles. The first kappa shape index (κ1) is 17.2. The molecule has 0 bridgehead atoms. The van der Waals surface area contributed by atoms with Crippen LogP contribution in [-0.4, -0.2) is 32.7 Å². The van der Waals surface area contributed by atoms with E-state index >= 15 is 0 Å². The number of rotatable bonds is 6. The normalized spacial score (nSPS) is 15.3. The number of hydrogen-bond donors (Lipinski definition) is 2. The van der Waals surface area contributed by atoms with Crippen LogP contribution in [-0.2, 0) is 19.3 Å². The summed E-state index contributed by atoms with van der Waals surface area (Å²) in [5.41, 5.74) is 6.09. The Labute approximate surface area is 153 Å². The molecule has 138 valence electrons. The van der Waals surface area contributed by atoms with Gasteiger partial charge >= 0.3 is 0 Å². The number of aliphatic hydroxyl groups excluding tert-OH is 1. The lowest BCUT2D eigenvalue weighted by Crippen LogP contribution is -2.23. The fourth-order valence-corrected chi connectivity index (χ4v) is 3.95. The monoisotopic (exact) mass is 354 g/mol. The van der Waals surface area contributed by atoms with E-state index in [-0.39, 0.29) is 12.6 Å². The Kier molecular flexibility index (Phi) is 4.76. The summed E-state index contributed by atoms with van der Waals surface area (Å²) in [6.07, 6.45) is 9.00. The molecule has 0 spiro atoms. The van der Waals surface area contributed by atoms with Crippen LogP contribution in [0.1, 0.15) is 56.4 Å². The highest BCUT2D eigenvalue weighted by Gasteiger charge is 2.24. The molecule has 0 saturated carbocycles. The van der Waals surface area contributed by atoms with E-state index in [4.69, 9.17) is 9.40 Å². The minimum atomic E-state index is -0.0566. The van der Waals surface area contributed by atoms with Gasteiger partial charge in [0.05, 0.1) is 18.0 Å². The van der Waals surface area contributed by atoms with Crippen LogP contribution in [0.5, 0.6) is 0 Å². The SMILES string of the molecule is CCCc1nc2oc3c(N[C@@H](CC)CO)ncnc3c2c2c1CCCC2. The van der Waals surface area contributed by atoms with Crippen LogP contribution < -0.4 is 5.32 Å². The van der Waals surface area contributed by atoms with Crippen LogP contribution in [0.4, 0.5) is 5.82 Å². The largest absolute Gasteiger partial charge is 0.432 e. The van der Waals surface area contributed by atoms with Crippen molar-refractivity contribution in [1.29, 1.82) is 0 Å². The number of aryl methyl sites for hydroxylation is 2. The Morgan fingerprint density at radius 2 is 2.00 bits per heavy atom. The molecule has 0 radical (unpaired) electrons. The third kappa shape index (κ3) is 2.82. The zero-order chi connectivity index (χ0) is 18.1. The number of hydrogen-bond acceptors (Lipinski definition) is 6. The van der Waals surface area contributed by atoms with Crippen LogP contribution in [0.15, 0.2) is 10.7 Å². The van der Waals surface area contributed by atoms with Gasteiger partial charge in [0.2, 0.25) is 5.71 Å². The molecule has 0 aliphatic heterocycles. The molecule has 0 saturated heterocycles. The van der Waals surface area contributed by atoms with Crippen molar-refractivity contribution in [2.45, 2.75) is 64.8 Å². The lowest BCUT2D eigenvalue weighted by Gasteiger charge is -2.19. The quantitative estimate of drug-likeness (QED) is 0.701. The first-order valence-corrected chi connectivity index (χ1v) is 9.72. The minimum absolute atomic E-state index is 0.0521. The Bertz CT molecular complexity index is 931. The molecule has 1 aliphatic carbocycles. The molecule has 0 aromatic carbocycles. The predicted molar refractivity (Wildman–Crippen MR) is 103 cm³/mol. The molecule has 6 heteroatoms. The molecule has 2 N–H and O–H groups in total. The molecule has 1 aliphatic rings. The molecule has 6 nitrogen and oxygen atoms in total. The van der Waals surface area contributed by atoms with Crippen molar-refractivity contribution in [2.75, 3.05) is 11.9 Å². The molecule has 0 fully saturated rings. The lowest BCUT2D eigenvalue weighted by atomic mass is 9.88. The van der Waals surface area contributed by atoms with Crippen LogP contribution >= 0.6 is 0 Å². The number of fused-ring (bicyclic) bond motifs is 5. The second kappa shape index (κ2) is 7.19. The Hall–Kier alpha value is -2.21. The second-order valence-corrected chi connectivity index (χ2v) is 7.09. The van der Waals surface area contributed by atoms with E-state index < -0.39 is 0 Å². The van der Waals surface area contributed by atoms with Crippen molar-refractivity contribution in [3.8, 4) is 0 Å². The first-order chi connectivity index (χ1) is 12.8. The summed E-state index contributed by atoms with van der Waals surface area (Å²) in [6, 6.07) is -0.0566. The average molecular weight is 354 g/mol. The first-order valence-electron chi connectivity index (χ1n) is 9.72. The van der Waals surface area contributed by atoms with Crippen LogP contribution in [0.2, 0.25) is 0 Å². The van der Waals surface area contributed by atoms with Gasteiger partial charge in [-0.3, -0.25) is 0 Å². The van der Waals surface area contributed by atoms with E-state index in [1.807, 2.05) is 6.92 Å². The van der Waals surface area contributed by atoms with Crippen molar-refractivity contribution in [1.82, 2.24) is 15.0 Å². The molecule has 1 atom stereocenters. The summed E-state index contributed by atoms with van der Waals surface area (Å²) in [6.45, 7) is 4.27. The van der Waals surface area contributed by atoms with E-state index in [2.05, 4.69) is 22.2 Å². The maximum atomic E-state index is 9.50. The van der Waals surface area contributed by atoms with Crippen molar-refractivity contribution in [3.05, 3.63) is 23.1 Å². The highest BCUT2D eigenvalue weighted by atomic mass is 16.3. The molecule has 0 amide bonds. The number of nitrogens with zero attached hydrogens (tertiary/aromatic N) is 3. The zero-order valence-corrected chi connectivity index (χ0v) is 15.5. The highest BCUT2D eigenvalue weighted by molar-refractivity contribution is 6.06. The van der Waals surface area contributed by atoms with Gasteiger partial charge in [-0.1, -0.05) is 20.3 Å². The Morgan fingerprint density at radius 1 is 1.19 bits per heavy atom. The maximum absolute atomic E-state index is 9.50. The van der Waals surface area contributed by atoms with Crippen molar-refractivity contribution in [3.63, 3.8) is 0 Å². The number of pyridine rings is 1. The fourth-order valence-electron chi connectivity index (χ4n) is 3.95. The Balaban J connectivity index is 1.94. The number of furan rings is 1. The van der Waals surface area contributed by atoms with Crippen LogP contribution in [0, 0.1) is 0 Å². The molecule has 3 aromatic heterocycles. The molecule has 3 aromatic rings. The number of anilines is 1. The van der Waals surface area contributed by atoms with Gasteiger partial charge in [0.15, 0.2) is 11.4 Å². The number of aromatic nitrogens is 3. The van der Waals surface area contributed by atoms with Gasteiger partial charge in [-0.25, -0.2) is 15.0 Å². The lowest BCUT2D eigenvalue weighted by molar-refractivity contribution is 0.271. The van der Waals surface area contributed by atoms with Crippen molar-refractivity contribution in [2.24, 2.45) is 0 Å². The van der Waals surface area contributed by atoms with E-state index in [0.717, 1.165) is 43.0 Å². The average Bonchev–Trinajstić information content (AvgIpc) is 3.06. The molecule has 26 heavy (non-hydrogen) atoms. The zero-order valence-electron chi connectivity index (χ0n) is 15.5. The third-order valence-corrected chi connectivity index (χ3v) is 5.35. The summed E-state index contributed by atoms with van der Waals surface area (Å²) in [5.74, 6) is 0.635. The van der Waals surface area contributed by atoms with E-state index in [1.54, 1.807) is 6.33 Å². The van der Waals surface area contributed by atoms with Gasteiger partial charge in [0.25, 0.3) is 0 Å². The summed E-state index contributed by atoms with van der Waals surface area (Å²) < 4.78 is 6.15. The smallest absolute Gasteiger partial charge is 0.229 e. The standard InChI is InChI=1S/C20H26N4O2/c1-3-7-15-13-8-5-6-9-14(13)16-17-18(26-20(16)24-15)19(22-11-21-17)23-12(4-2)10-25/h11-12,25H,3-10H2,1-2H3,(H,21,22,23)/t12-/m0/s1. The van der Waals surface area contributed by atoms with Crippen molar-refractivity contribution < 1.29 is 9.52 Å². The van der Waals surface area contributed by atoms with Crippen LogP contribution in [0.3, 0.4) is 0 Å². The van der Waals surface area contributed by atoms with Gasteiger partial charge in [-0.2, -0.15) is 0 Å². The third-order valence-electron chi connectivity index (χ3n) is 5.35. The van der Waals surface area contributed by atoms with Gasteiger partial charge < -0.3 is 14.8 Å². The molecule has 4 rings (SSSR count). The van der Waals surface area contributed by atoms with Gasteiger partial charge in [-0.15, -0.1) is 0 Å². The number of aliphatic hydroxyl groups is 1. The van der Waals surface area contributed by atoms with Crippen LogP contribution in [0.25, 0.3) is 22.2 Å². The molecule has 0 unspecified atom stereocenters. The van der Waals surface area contributed by atoms with Gasteiger partial charge in [0.1, 0.15) is 11.8 Å². The Morgan fingerprint density at radius 3 is 2.73 bits per heavy atom. The summed E-state index contributed by atoms with van der Waals surface area (Å²) in [5, 5.41) is 13.8. The van der Waals surface area contributed by atoms with E-state index in [0.29, 0.717) is 17.1 Å². The fraction of sp³-hybridized carbons (Fsp3) is 0.550. The second-order valence-electron chi connectivity index (χ2n) is 7.09.